The second kappa shape index (κ2) is 4.68. The normalized spacial score (nSPS) is 34.8. The predicted molar refractivity (Wildman–Crippen MR) is 73.0 cm³/mol. The average molecular weight is 283 g/mol. The minimum atomic E-state index is -2.61. The van der Waals surface area contributed by atoms with Gasteiger partial charge in [0.1, 0.15) is 6.08 Å². The second-order valence-corrected chi connectivity index (χ2v) is 5.61. The van der Waals surface area contributed by atoms with E-state index in [9.17, 15) is 0 Å². The minimum absolute atomic E-state index is 0.202. The van der Waals surface area contributed by atoms with Crippen molar-refractivity contribution >= 4 is 12.7 Å². The van der Waals surface area contributed by atoms with Gasteiger partial charge in [-0.1, -0.05) is 0 Å². The maximum absolute atomic E-state index is 7.92. The summed E-state index contributed by atoms with van der Waals surface area (Å²) in [6, 6.07) is 0. The standard InChI is InChI=1S/C13H19BN2O4/c1-12(2)13(3,4)20-14(19-12)10-5-16-11(6-15-10)18-9-7-17-8-9/h5-6,9H,7-8H2,1-4H3/i7D2,8D2,9D. The van der Waals surface area contributed by atoms with E-state index >= 15 is 0 Å². The third-order valence-electron chi connectivity index (χ3n) is 3.64. The Morgan fingerprint density at radius 1 is 1.25 bits per heavy atom. The summed E-state index contributed by atoms with van der Waals surface area (Å²) in [5, 5.41) is 0. The Bertz CT molecular complexity index is 656. The number of ether oxygens (including phenoxy) is 2. The molecular weight excluding hydrogens is 259 g/mol. The fourth-order valence-corrected chi connectivity index (χ4v) is 1.70. The Hall–Kier alpha value is -1.18. The summed E-state index contributed by atoms with van der Waals surface area (Å²) in [7, 11) is -0.721. The zero-order valence-electron chi connectivity index (χ0n) is 16.8. The molecule has 1 aromatic rings. The molecule has 6 nitrogen and oxygen atoms in total. The van der Waals surface area contributed by atoms with Crippen LogP contribution in [0, 0.1) is 0 Å². The van der Waals surface area contributed by atoms with Gasteiger partial charge in [0.15, 0.2) is 0 Å². The second-order valence-electron chi connectivity index (χ2n) is 5.61. The van der Waals surface area contributed by atoms with Gasteiger partial charge in [-0.2, -0.15) is 0 Å². The van der Waals surface area contributed by atoms with E-state index in [1.807, 2.05) is 27.7 Å². The number of hydrogen-bond acceptors (Lipinski definition) is 6. The van der Waals surface area contributed by atoms with Gasteiger partial charge >= 0.3 is 7.12 Å². The van der Waals surface area contributed by atoms with Crippen LogP contribution in [0.3, 0.4) is 0 Å². The van der Waals surface area contributed by atoms with E-state index in [1.54, 1.807) is 0 Å². The van der Waals surface area contributed by atoms with Gasteiger partial charge in [0.05, 0.1) is 43.0 Å². The third kappa shape index (κ3) is 2.41. The van der Waals surface area contributed by atoms with Crippen molar-refractivity contribution in [3.8, 4) is 5.88 Å². The molecule has 2 saturated heterocycles. The molecule has 0 radical (unpaired) electrons. The molecule has 0 N–H and O–H groups in total. The third-order valence-corrected chi connectivity index (χ3v) is 3.64. The van der Waals surface area contributed by atoms with E-state index in [-0.39, 0.29) is 5.88 Å². The zero-order valence-corrected chi connectivity index (χ0v) is 11.8. The molecule has 0 aromatic carbocycles. The molecular formula is C13H19BN2O4. The summed E-state index contributed by atoms with van der Waals surface area (Å²) in [6.45, 7) is 2.40. The van der Waals surface area contributed by atoms with Crippen LogP contribution in [0.5, 0.6) is 5.88 Å². The van der Waals surface area contributed by atoms with Crippen LogP contribution >= 0.6 is 0 Å². The van der Waals surface area contributed by atoms with E-state index in [0.29, 0.717) is 5.59 Å². The molecule has 0 saturated carbocycles. The molecule has 0 unspecified atom stereocenters. The van der Waals surface area contributed by atoms with Gasteiger partial charge in [0, 0.05) is 6.20 Å². The molecule has 3 heterocycles. The highest BCUT2D eigenvalue weighted by molar-refractivity contribution is 6.61. The first-order chi connectivity index (χ1) is 11.2. The van der Waals surface area contributed by atoms with Crippen LogP contribution in [0.15, 0.2) is 12.4 Å². The van der Waals surface area contributed by atoms with Crippen molar-refractivity contribution in [2.24, 2.45) is 0 Å². The summed E-state index contributed by atoms with van der Waals surface area (Å²) < 4.78 is 59.1. The van der Waals surface area contributed by atoms with Crippen LogP contribution in [-0.2, 0) is 14.0 Å². The molecule has 1 aromatic heterocycles. The van der Waals surface area contributed by atoms with Gasteiger partial charge in [-0.05, 0) is 27.7 Å². The molecule has 7 heteroatoms. The van der Waals surface area contributed by atoms with E-state index in [2.05, 4.69) is 14.7 Å². The van der Waals surface area contributed by atoms with Crippen molar-refractivity contribution in [2.75, 3.05) is 13.1 Å². The van der Waals surface area contributed by atoms with E-state index < -0.39 is 37.5 Å². The lowest BCUT2D eigenvalue weighted by molar-refractivity contribution is -0.0814. The molecule has 0 aliphatic carbocycles. The monoisotopic (exact) mass is 283 g/mol. The summed E-state index contributed by atoms with van der Waals surface area (Å²) in [4.78, 5) is 8.09. The quantitative estimate of drug-likeness (QED) is 0.755. The molecule has 2 aliphatic rings. The fourth-order valence-electron chi connectivity index (χ4n) is 1.70. The van der Waals surface area contributed by atoms with Crippen molar-refractivity contribution in [1.82, 2.24) is 9.97 Å². The van der Waals surface area contributed by atoms with Crippen LogP contribution < -0.4 is 10.3 Å². The Labute approximate surface area is 126 Å². The lowest BCUT2D eigenvalue weighted by Gasteiger charge is -2.32. The fraction of sp³-hybridized carbons (Fsp3) is 0.692. The van der Waals surface area contributed by atoms with Crippen molar-refractivity contribution < 1.29 is 25.6 Å². The van der Waals surface area contributed by atoms with Crippen molar-refractivity contribution in [1.29, 1.82) is 0 Å². The Morgan fingerprint density at radius 3 is 2.40 bits per heavy atom. The minimum Gasteiger partial charge on any atom is -0.468 e. The summed E-state index contributed by atoms with van der Waals surface area (Å²) >= 11 is 0. The Morgan fingerprint density at radius 2 is 1.90 bits per heavy atom. The molecule has 20 heavy (non-hydrogen) atoms. The number of nitrogens with zero attached hydrogens (tertiary/aromatic N) is 2. The van der Waals surface area contributed by atoms with Crippen LogP contribution in [-0.4, -0.2) is 47.5 Å². The van der Waals surface area contributed by atoms with Crippen LogP contribution in [0.1, 0.15) is 34.5 Å². The molecule has 108 valence electrons. The average Bonchev–Trinajstić information content (AvgIpc) is 2.66. The van der Waals surface area contributed by atoms with E-state index in [1.165, 1.54) is 12.4 Å². The molecule has 2 fully saturated rings. The SMILES string of the molecule is [2H]C1([2H])OC([2H])([2H])C1([2H])Oc1cnc(B2OC(C)(C)C(C)(C)O2)cn1. The first-order valence-corrected chi connectivity index (χ1v) is 6.28. The number of hydrogen-bond donors (Lipinski definition) is 0. The summed E-state index contributed by atoms with van der Waals surface area (Å²) in [5.74, 6) is -0.202. The lowest BCUT2D eigenvalue weighted by Crippen LogP contribution is -2.41. The highest BCUT2D eigenvalue weighted by Gasteiger charge is 2.52. The van der Waals surface area contributed by atoms with Gasteiger partial charge in [-0.3, -0.25) is 4.98 Å². The summed E-state index contributed by atoms with van der Waals surface area (Å²) in [5.41, 5.74) is -0.676. The van der Waals surface area contributed by atoms with Crippen LogP contribution in [0.4, 0.5) is 0 Å². The van der Waals surface area contributed by atoms with Gasteiger partial charge in [0.2, 0.25) is 5.88 Å². The highest BCUT2D eigenvalue weighted by Crippen LogP contribution is 2.36. The lowest BCUT2D eigenvalue weighted by atomic mass is 9.85. The van der Waals surface area contributed by atoms with Gasteiger partial charge in [-0.15, -0.1) is 0 Å². The Kier molecular flexibility index (Phi) is 2.10. The van der Waals surface area contributed by atoms with Gasteiger partial charge in [0.25, 0.3) is 0 Å². The van der Waals surface area contributed by atoms with Crippen LogP contribution in [0.25, 0.3) is 0 Å². The Balaban J connectivity index is 1.76. The molecule has 0 atom stereocenters. The molecule has 0 amide bonds. The first-order valence-electron chi connectivity index (χ1n) is 8.78. The maximum atomic E-state index is 7.92. The topological polar surface area (TPSA) is 62.7 Å². The largest absolute Gasteiger partial charge is 0.516 e. The summed E-state index contributed by atoms with van der Waals surface area (Å²) in [6.07, 6.45) is -0.0901. The maximum Gasteiger partial charge on any atom is 0.516 e. The molecule has 0 spiro atoms. The van der Waals surface area contributed by atoms with Crippen molar-refractivity contribution in [3.05, 3.63) is 12.4 Å². The molecule has 3 rings (SSSR count). The predicted octanol–water partition coefficient (Wildman–Crippen LogP) is 0.553. The van der Waals surface area contributed by atoms with Gasteiger partial charge in [-0.25, -0.2) is 4.98 Å². The van der Waals surface area contributed by atoms with Crippen molar-refractivity contribution in [2.45, 2.75) is 45.0 Å². The van der Waals surface area contributed by atoms with Gasteiger partial charge < -0.3 is 18.8 Å². The highest BCUT2D eigenvalue weighted by atomic mass is 16.7. The number of aromatic nitrogens is 2. The number of rotatable bonds is 3. The molecule has 0 bridgehead atoms. The molecule has 2 aliphatic heterocycles. The zero-order chi connectivity index (χ0) is 18.9. The van der Waals surface area contributed by atoms with E-state index in [0.717, 1.165) is 0 Å². The first kappa shape index (κ1) is 8.97. The van der Waals surface area contributed by atoms with E-state index in [4.69, 9.17) is 20.9 Å². The van der Waals surface area contributed by atoms with Crippen LogP contribution in [0.2, 0.25) is 0 Å². The smallest absolute Gasteiger partial charge is 0.468 e. The van der Waals surface area contributed by atoms with Crippen molar-refractivity contribution in [3.63, 3.8) is 0 Å².